The highest BCUT2D eigenvalue weighted by Gasteiger charge is 2.11. The van der Waals surface area contributed by atoms with Crippen LogP contribution in [-0.2, 0) is 6.54 Å². The predicted octanol–water partition coefficient (Wildman–Crippen LogP) is 2.45. The lowest BCUT2D eigenvalue weighted by Crippen LogP contribution is -2.39. The second-order valence-electron chi connectivity index (χ2n) is 6.49. The molecule has 0 heterocycles. The van der Waals surface area contributed by atoms with Gasteiger partial charge >= 0.3 is 0 Å². The molecule has 2 rings (SSSR count). The number of rotatable bonds is 7. The largest absolute Gasteiger partial charge is 0.396 e. The molecule has 152 valence electrons. The lowest BCUT2D eigenvalue weighted by molar-refractivity contribution is 0.0827. The third-order valence-electron chi connectivity index (χ3n) is 4.30. The van der Waals surface area contributed by atoms with Gasteiger partial charge in [0.2, 0.25) is 0 Å². The number of aliphatic hydroxyl groups excluding tert-OH is 1. The maximum atomic E-state index is 11.9. The molecule has 7 heteroatoms. The maximum Gasteiger partial charge on any atom is 0.253 e. The third-order valence-corrected chi connectivity index (χ3v) is 4.30. The van der Waals surface area contributed by atoms with E-state index in [0.29, 0.717) is 24.6 Å². The van der Waals surface area contributed by atoms with Crippen molar-refractivity contribution in [2.24, 2.45) is 4.99 Å². The normalized spacial score (nSPS) is 11.9. The van der Waals surface area contributed by atoms with E-state index in [2.05, 4.69) is 15.6 Å². The Morgan fingerprint density at radius 2 is 1.71 bits per heavy atom. The summed E-state index contributed by atoms with van der Waals surface area (Å²) in [6.07, 6.45) is 0. The molecule has 0 aliphatic rings. The number of nitrogens with one attached hydrogen (secondary N) is 2. The Morgan fingerprint density at radius 3 is 2.25 bits per heavy atom. The minimum Gasteiger partial charge on any atom is -0.396 e. The van der Waals surface area contributed by atoms with Crippen LogP contribution in [0.4, 0.5) is 0 Å². The first-order valence-electron chi connectivity index (χ1n) is 8.96. The van der Waals surface area contributed by atoms with Crippen molar-refractivity contribution in [1.29, 1.82) is 0 Å². The number of carbonyl (C=O) groups excluding carboxylic acids is 1. The van der Waals surface area contributed by atoms with Crippen LogP contribution in [0.5, 0.6) is 0 Å². The van der Waals surface area contributed by atoms with Crippen molar-refractivity contribution in [3.63, 3.8) is 0 Å². The highest BCUT2D eigenvalue weighted by atomic mass is 127. The van der Waals surface area contributed by atoms with Crippen molar-refractivity contribution < 1.29 is 9.90 Å². The number of hydrogen-bond acceptors (Lipinski definition) is 3. The molecule has 0 spiro atoms. The van der Waals surface area contributed by atoms with Gasteiger partial charge in [0.1, 0.15) is 0 Å². The average Bonchev–Trinajstić information content (AvgIpc) is 2.71. The highest BCUT2D eigenvalue weighted by Crippen LogP contribution is 2.13. The number of aliphatic hydroxyl groups is 1. The zero-order valence-corrected chi connectivity index (χ0v) is 18.9. The summed E-state index contributed by atoms with van der Waals surface area (Å²) in [5.74, 6) is 0.654. The summed E-state index contributed by atoms with van der Waals surface area (Å²) in [7, 11) is 5.19. The number of hydrogen-bond donors (Lipinski definition) is 3. The fraction of sp³-hybridized carbons (Fsp3) is 0.333. The highest BCUT2D eigenvalue weighted by molar-refractivity contribution is 14.0. The topological polar surface area (TPSA) is 77.0 Å². The number of guanidine groups is 1. The summed E-state index contributed by atoms with van der Waals surface area (Å²) < 4.78 is 0. The van der Waals surface area contributed by atoms with Gasteiger partial charge in [0, 0.05) is 45.7 Å². The van der Waals surface area contributed by atoms with Gasteiger partial charge in [0.05, 0.1) is 6.61 Å². The zero-order valence-electron chi connectivity index (χ0n) is 16.6. The molecule has 1 atom stereocenters. The molecule has 1 amide bonds. The van der Waals surface area contributed by atoms with Crippen molar-refractivity contribution in [3.8, 4) is 0 Å². The first-order chi connectivity index (χ1) is 13.0. The molecule has 2 aromatic carbocycles. The van der Waals surface area contributed by atoms with Crippen LogP contribution in [0.3, 0.4) is 0 Å². The molecule has 0 bridgehead atoms. The Bertz CT molecular complexity index is 749. The van der Waals surface area contributed by atoms with Crippen LogP contribution in [0.1, 0.15) is 27.4 Å². The average molecular weight is 496 g/mol. The molecule has 3 N–H and O–H groups in total. The summed E-state index contributed by atoms with van der Waals surface area (Å²) in [5, 5.41) is 16.2. The lowest BCUT2D eigenvalue weighted by atomic mass is 10.0. The van der Waals surface area contributed by atoms with Crippen molar-refractivity contribution in [2.45, 2.75) is 12.5 Å². The van der Waals surface area contributed by atoms with E-state index in [1.54, 1.807) is 26.0 Å². The number of amides is 1. The Hall–Kier alpha value is -2.13. The molecule has 0 aliphatic heterocycles. The summed E-state index contributed by atoms with van der Waals surface area (Å²) in [4.78, 5) is 17.7. The molecule has 0 aromatic heterocycles. The van der Waals surface area contributed by atoms with Crippen LogP contribution >= 0.6 is 24.0 Å². The van der Waals surface area contributed by atoms with E-state index in [1.165, 1.54) is 0 Å². The summed E-state index contributed by atoms with van der Waals surface area (Å²) in [5.41, 5.74) is 2.80. The van der Waals surface area contributed by atoms with Crippen molar-refractivity contribution in [1.82, 2.24) is 15.5 Å². The number of benzene rings is 2. The molecule has 0 saturated carbocycles. The summed E-state index contributed by atoms with van der Waals surface area (Å²) in [6, 6.07) is 17.4. The molecule has 28 heavy (non-hydrogen) atoms. The number of halogens is 1. The molecule has 0 aliphatic carbocycles. The Kier molecular flexibility index (Phi) is 10.5. The molecule has 6 nitrogen and oxygen atoms in total. The monoisotopic (exact) mass is 496 g/mol. The van der Waals surface area contributed by atoms with E-state index in [1.807, 2.05) is 54.6 Å². The zero-order chi connectivity index (χ0) is 19.6. The van der Waals surface area contributed by atoms with Crippen molar-refractivity contribution in [3.05, 3.63) is 71.3 Å². The van der Waals surface area contributed by atoms with E-state index in [9.17, 15) is 9.90 Å². The van der Waals surface area contributed by atoms with Crippen LogP contribution in [0.25, 0.3) is 0 Å². The van der Waals surface area contributed by atoms with E-state index in [4.69, 9.17) is 0 Å². The maximum absolute atomic E-state index is 11.9. The fourth-order valence-corrected chi connectivity index (χ4v) is 2.66. The van der Waals surface area contributed by atoms with Crippen LogP contribution in [-0.4, -0.2) is 56.2 Å². The van der Waals surface area contributed by atoms with Crippen molar-refractivity contribution in [2.75, 3.05) is 34.3 Å². The van der Waals surface area contributed by atoms with Gasteiger partial charge in [-0.1, -0.05) is 42.5 Å². The molecule has 1 unspecified atom stereocenters. The first-order valence-corrected chi connectivity index (χ1v) is 8.96. The Morgan fingerprint density at radius 1 is 1.07 bits per heavy atom. The van der Waals surface area contributed by atoms with Gasteiger partial charge in [0.15, 0.2) is 5.96 Å². The van der Waals surface area contributed by atoms with E-state index in [-0.39, 0.29) is 42.4 Å². The van der Waals surface area contributed by atoms with Gasteiger partial charge in [-0.05, 0) is 23.3 Å². The van der Waals surface area contributed by atoms with E-state index < -0.39 is 0 Å². The number of nitrogens with zero attached hydrogens (tertiary/aromatic N) is 2. The van der Waals surface area contributed by atoms with Crippen molar-refractivity contribution >= 4 is 35.8 Å². The SMILES string of the molecule is CN=C(NCc1ccc(C(=O)N(C)C)cc1)NCC(CO)c1ccccc1.I. The third kappa shape index (κ3) is 7.12. The smallest absolute Gasteiger partial charge is 0.253 e. The molecular formula is C21H29IN4O2. The van der Waals surface area contributed by atoms with Crippen LogP contribution in [0, 0.1) is 0 Å². The minimum absolute atomic E-state index is 0. The van der Waals surface area contributed by atoms with Crippen LogP contribution in [0.15, 0.2) is 59.6 Å². The van der Waals surface area contributed by atoms with E-state index >= 15 is 0 Å². The first kappa shape index (κ1) is 23.9. The number of carbonyl (C=O) groups is 1. The van der Waals surface area contributed by atoms with Gasteiger partial charge in [-0.15, -0.1) is 24.0 Å². The fourth-order valence-electron chi connectivity index (χ4n) is 2.66. The molecular weight excluding hydrogens is 467 g/mol. The molecule has 0 saturated heterocycles. The second kappa shape index (κ2) is 12.4. The van der Waals surface area contributed by atoms with Gasteiger partial charge in [-0.25, -0.2) is 0 Å². The molecule has 0 radical (unpaired) electrons. The second-order valence-corrected chi connectivity index (χ2v) is 6.49. The van der Waals surface area contributed by atoms with Crippen LogP contribution < -0.4 is 10.6 Å². The Balaban J connectivity index is 0.00000392. The van der Waals surface area contributed by atoms with Crippen LogP contribution in [0.2, 0.25) is 0 Å². The van der Waals surface area contributed by atoms with Gasteiger partial charge in [-0.3, -0.25) is 9.79 Å². The predicted molar refractivity (Wildman–Crippen MR) is 124 cm³/mol. The standard InChI is InChI=1S/C21H28N4O2.HI/c1-22-21(24-14-19(15-26)17-7-5-4-6-8-17)23-13-16-9-11-18(12-10-16)20(27)25(2)3;/h4-12,19,26H,13-15H2,1-3H3,(H2,22,23,24);1H. The quantitative estimate of drug-likeness (QED) is 0.313. The summed E-state index contributed by atoms with van der Waals surface area (Å²) >= 11 is 0. The summed E-state index contributed by atoms with van der Waals surface area (Å²) in [6.45, 7) is 1.23. The molecule has 0 fully saturated rings. The van der Waals surface area contributed by atoms with E-state index in [0.717, 1.165) is 11.1 Å². The van der Waals surface area contributed by atoms with Gasteiger partial charge in [-0.2, -0.15) is 0 Å². The lowest BCUT2D eigenvalue weighted by Gasteiger charge is -2.18. The molecule has 2 aromatic rings. The van der Waals surface area contributed by atoms with Gasteiger partial charge in [0.25, 0.3) is 5.91 Å². The number of aliphatic imine (C=N–C) groups is 1. The Labute approximate surface area is 184 Å². The van der Waals surface area contributed by atoms with Gasteiger partial charge < -0.3 is 20.6 Å². The minimum atomic E-state index is -0.0112.